The van der Waals surface area contributed by atoms with E-state index in [1.54, 1.807) is 0 Å². The van der Waals surface area contributed by atoms with Crippen LogP contribution in [-0.2, 0) is 10.0 Å². The van der Waals surface area contributed by atoms with Crippen molar-refractivity contribution in [3.63, 3.8) is 0 Å². The standard InChI is InChI=1S/C22H48N2O2S.HI/c1-6-10-11-12-13-14-15-16-17-21-27(25,26)23-22(5)19-18-20-24(7-2,8-3)9-4;/h22H,6-21H2,1-5H3;1H. The van der Waals surface area contributed by atoms with Gasteiger partial charge in [0.15, 0.2) is 0 Å². The van der Waals surface area contributed by atoms with Gasteiger partial charge in [-0.1, -0.05) is 71.6 Å². The summed E-state index contributed by atoms with van der Waals surface area (Å²) in [7, 11) is -3.25. The van der Waals surface area contributed by atoms with Crippen molar-refractivity contribution in [3.8, 4) is 0 Å². The van der Waals surface area contributed by atoms with Crippen LogP contribution in [0.2, 0.25) is 0 Å². The third-order valence-electron chi connectivity index (χ3n) is 6.11. The Kier molecular flexibility index (Phi) is 20.2. The number of unbranched alkanes of at least 4 members (excludes halogenated alkanes) is 8. The van der Waals surface area contributed by atoms with Crippen LogP contribution in [0.1, 0.15) is 105 Å². The third kappa shape index (κ3) is 15.4. The highest BCUT2D eigenvalue weighted by Crippen LogP contribution is 2.18. The lowest BCUT2D eigenvalue weighted by Gasteiger charge is -2.37. The van der Waals surface area contributed by atoms with Crippen molar-refractivity contribution in [1.29, 1.82) is 0 Å². The van der Waals surface area contributed by atoms with Gasteiger partial charge in [-0.15, -0.1) is 30.0 Å². The highest BCUT2D eigenvalue weighted by molar-refractivity contribution is 14.0. The second-order valence-electron chi connectivity index (χ2n) is 8.23. The molecule has 0 rings (SSSR count). The number of quaternary nitrogens is 1. The van der Waals surface area contributed by atoms with Gasteiger partial charge in [-0.05, 0) is 33.6 Å². The lowest BCUT2D eigenvalue weighted by atomic mass is 10.1. The summed E-state index contributed by atoms with van der Waals surface area (Å²) in [5, 5.41) is 0. The molecule has 0 saturated heterocycles. The fraction of sp³-hybridized carbons (Fsp3) is 1.00. The zero-order valence-corrected chi connectivity index (χ0v) is 22.6. The summed E-state index contributed by atoms with van der Waals surface area (Å²) in [4.78, 5) is 0. The Bertz CT molecular complexity index is 432. The van der Waals surface area contributed by atoms with Crippen LogP contribution in [0.5, 0.6) is 0 Å². The van der Waals surface area contributed by atoms with Gasteiger partial charge in [-0.3, -0.25) is 0 Å². The minimum Gasteiger partial charge on any atom is -0.546 e. The van der Waals surface area contributed by atoms with Crippen molar-refractivity contribution in [3.05, 3.63) is 4.72 Å². The molecule has 1 unspecified atom stereocenters. The molecular weight excluding hydrogens is 483 g/mol. The van der Waals surface area contributed by atoms with Crippen molar-refractivity contribution in [1.82, 2.24) is 0 Å². The first-order chi connectivity index (χ1) is 12.8. The van der Waals surface area contributed by atoms with Crippen LogP contribution in [0.4, 0.5) is 0 Å². The first-order valence-electron chi connectivity index (χ1n) is 11.6. The van der Waals surface area contributed by atoms with E-state index in [0.29, 0.717) is 0 Å². The van der Waals surface area contributed by atoms with Crippen molar-refractivity contribution in [2.75, 3.05) is 31.9 Å². The molecule has 0 heterocycles. The summed E-state index contributed by atoms with van der Waals surface area (Å²) in [6.45, 7) is 15.5. The van der Waals surface area contributed by atoms with Crippen LogP contribution in [0.25, 0.3) is 4.72 Å². The molecule has 0 saturated carbocycles. The van der Waals surface area contributed by atoms with E-state index in [2.05, 4.69) is 32.4 Å². The van der Waals surface area contributed by atoms with Crippen LogP contribution >= 0.6 is 24.0 Å². The van der Waals surface area contributed by atoms with E-state index < -0.39 is 10.0 Å². The highest BCUT2D eigenvalue weighted by atomic mass is 127. The van der Waals surface area contributed by atoms with E-state index >= 15 is 0 Å². The maximum atomic E-state index is 12.2. The lowest BCUT2D eigenvalue weighted by Crippen LogP contribution is -2.48. The smallest absolute Gasteiger partial charge is 0.0785 e. The number of halogens is 1. The number of rotatable bonds is 19. The Morgan fingerprint density at radius 2 is 1.21 bits per heavy atom. The van der Waals surface area contributed by atoms with Gasteiger partial charge in [0, 0.05) is 5.75 Å². The summed E-state index contributed by atoms with van der Waals surface area (Å²) >= 11 is 0. The molecule has 0 bridgehead atoms. The third-order valence-corrected chi connectivity index (χ3v) is 7.60. The van der Waals surface area contributed by atoms with Gasteiger partial charge in [0.05, 0.1) is 36.2 Å². The van der Waals surface area contributed by atoms with Gasteiger partial charge in [-0.25, -0.2) is 8.42 Å². The second-order valence-corrected chi connectivity index (χ2v) is 10.0. The van der Waals surface area contributed by atoms with E-state index in [4.69, 9.17) is 0 Å². The molecule has 4 nitrogen and oxygen atoms in total. The topological polar surface area (TPSA) is 48.2 Å². The van der Waals surface area contributed by atoms with Gasteiger partial charge < -0.3 is 9.21 Å². The molecule has 0 spiro atoms. The minimum absolute atomic E-state index is 0. The van der Waals surface area contributed by atoms with Crippen LogP contribution in [0.3, 0.4) is 0 Å². The maximum Gasteiger partial charge on any atom is 0.0785 e. The second kappa shape index (κ2) is 18.4. The molecule has 0 aromatic heterocycles. The first kappa shape index (κ1) is 30.8. The quantitative estimate of drug-likeness (QED) is 0.103. The van der Waals surface area contributed by atoms with Gasteiger partial charge in [0.25, 0.3) is 0 Å². The van der Waals surface area contributed by atoms with Crippen LogP contribution in [0, 0.1) is 0 Å². The Morgan fingerprint density at radius 1 is 0.750 bits per heavy atom. The summed E-state index contributed by atoms with van der Waals surface area (Å²) in [5.41, 5.74) is 0. The highest BCUT2D eigenvalue weighted by Gasteiger charge is 2.19. The lowest BCUT2D eigenvalue weighted by molar-refractivity contribution is -0.923. The average molecular weight is 533 g/mol. The molecule has 0 aromatic rings. The molecule has 0 radical (unpaired) electrons. The molecule has 1 atom stereocenters. The van der Waals surface area contributed by atoms with Crippen LogP contribution in [0.15, 0.2) is 0 Å². The molecule has 0 aliphatic carbocycles. The first-order valence-corrected chi connectivity index (χ1v) is 13.3. The Labute approximate surface area is 194 Å². The van der Waals surface area contributed by atoms with Crippen LogP contribution in [-0.4, -0.2) is 50.9 Å². The van der Waals surface area contributed by atoms with Crippen LogP contribution < -0.4 is 0 Å². The van der Waals surface area contributed by atoms with Gasteiger partial charge in [0.1, 0.15) is 0 Å². The molecule has 0 aliphatic rings. The molecule has 0 amide bonds. The van der Waals surface area contributed by atoms with Gasteiger partial charge in [-0.2, -0.15) is 0 Å². The summed E-state index contributed by atoms with van der Waals surface area (Å²) in [5.74, 6) is 0.228. The number of hydrogen-bond acceptors (Lipinski definition) is 2. The molecule has 0 N–H and O–H groups in total. The van der Waals surface area contributed by atoms with Crippen molar-refractivity contribution >= 4 is 34.0 Å². The predicted molar refractivity (Wildman–Crippen MR) is 135 cm³/mol. The Hall–Kier alpha value is 0.600. The predicted octanol–water partition coefficient (Wildman–Crippen LogP) is 6.88. The fourth-order valence-electron chi connectivity index (χ4n) is 3.84. The number of hydrogen-bond donors (Lipinski definition) is 0. The monoisotopic (exact) mass is 532 g/mol. The minimum atomic E-state index is -3.25. The average Bonchev–Trinajstić information content (AvgIpc) is 2.64. The zero-order chi connectivity index (χ0) is 20.6. The summed E-state index contributed by atoms with van der Waals surface area (Å²) < 4.78 is 29.7. The zero-order valence-electron chi connectivity index (χ0n) is 19.4. The van der Waals surface area contributed by atoms with E-state index in [1.807, 2.05) is 6.92 Å². The fourth-order valence-corrected chi connectivity index (χ4v) is 5.17. The van der Waals surface area contributed by atoms with Gasteiger partial charge in [0.2, 0.25) is 0 Å². The number of sulfonamides is 1. The van der Waals surface area contributed by atoms with Crippen molar-refractivity contribution < 1.29 is 12.9 Å². The van der Waals surface area contributed by atoms with E-state index in [-0.39, 0.29) is 35.8 Å². The molecular formula is C22H49IN2O2S. The molecule has 0 aliphatic heterocycles. The SMILES string of the molecule is CCCCCCCCCCCS(=O)(=O)[N-]C(C)CCC[N+](CC)(CC)CC.I. The van der Waals surface area contributed by atoms with Crippen molar-refractivity contribution in [2.45, 2.75) is 111 Å². The van der Waals surface area contributed by atoms with E-state index in [0.717, 1.165) is 62.8 Å². The van der Waals surface area contributed by atoms with E-state index in [9.17, 15) is 8.42 Å². The number of nitrogens with zero attached hydrogens (tertiary/aromatic N) is 2. The van der Waals surface area contributed by atoms with E-state index in [1.165, 1.54) is 38.5 Å². The molecule has 6 heteroatoms. The summed E-state index contributed by atoms with van der Waals surface area (Å²) in [6, 6.07) is -0.0824. The molecule has 28 heavy (non-hydrogen) atoms. The Morgan fingerprint density at radius 3 is 1.68 bits per heavy atom. The normalized spacial score (nSPS) is 13.3. The Balaban J connectivity index is 0. The largest absolute Gasteiger partial charge is 0.546 e. The summed E-state index contributed by atoms with van der Waals surface area (Å²) in [6.07, 6.45) is 12.7. The molecule has 0 fully saturated rings. The molecule has 172 valence electrons. The van der Waals surface area contributed by atoms with Crippen molar-refractivity contribution in [2.24, 2.45) is 0 Å². The maximum absolute atomic E-state index is 12.2. The molecule has 0 aromatic carbocycles. The van der Waals surface area contributed by atoms with Gasteiger partial charge >= 0.3 is 0 Å².